The summed E-state index contributed by atoms with van der Waals surface area (Å²) in [6, 6.07) is 6.84. The Hall–Kier alpha value is -1.84. The molecule has 1 unspecified atom stereocenters. The highest BCUT2D eigenvalue weighted by molar-refractivity contribution is 9.10. The highest BCUT2D eigenvalue weighted by Gasteiger charge is 2.22. The summed E-state index contributed by atoms with van der Waals surface area (Å²) in [6.45, 7) is -1.04. The largest absolute Gasteiger partial charge is 0.394 e. The van der Waals surface area contributed by atoms with Crippen molar-refractivity contribution in [3.63, 3.8) is 0 Å². The minimum atomic E-state index is -1.08. The van der Waals surface area contributed by atoms with Crippen molar-refractivity contribution in [1.29, 1.82) is 0 Å². The number of carbonyl (C=O) groups excluding carboxylic acids is 1. The topological polar surface area (TPSA) is 84.6 Å². The van der Waals surface area contributed by atoms with Crippen molar-refractivity contribution in [2.24, 2.45) is 7.05 Å². The van der Waals surface area contributed by atoms with Crippen LogP contribution < -0.4 is 0 Å². The fraction of sp³-hybridized carbons (Fsp3) is 0.300. The molecule has 154 valence electrons. The van der Waals surface area contributed by atoms with Crippen LogP contribution in [0, 0.1) is 5.82 Å². The standard InChI is InChI=1S/C20H19BrClFN2O4/c1-25-10-24-20-17(25)6-14(18(28)9-29-8-13(27)7-26)15(19(20)23)4-11-2-3-12(21)5-16(11)22/h2-3,5-6,10,13,26-27H,4,7-9H2,1H3. The van der Waals surface area contributed by atoms with Gasteiger partial charge in [-0.3, -0.25) is 4.79 Å². The van der Waals surface area contributed by atoms with E-state index in [0.717, 1.165) is 4.47 Å². The quantitative estimate of drug-likeness (QED) is 0.479. The third-order valence-electron chi connectivity index (χ3n) is 4.50. The first-order valence-electron chi connectivity index (χ1n) is 8.78. The number of fused-ring (bicyclic) bond motifs is 1. The van der Waals surface area contributed by atoms with Crippen LogP contribution in [0.2, 0.25) is 5.02 Å². The molecular formula is C20H19BrClFN2O4. The van der Waals surface area contributed by atoms with E-state index in [-0.39, 0.29) is 36.3 Å². The maximum absolute atomic E-state index is 15.3. The van der Waals surface area contributed by atoms with Gasteiger partial charge in [0.1, 0.15) is 18.2 Å². The van der Waals surface area contributed by atoms with E-state index < -0.39 is 24.3 Å². The van der Waals surface area contributed by atoms with Crippen LogP contribution >= 0.6 is 27.5 Å². The molecular weight excluding hydrogens is 467 g/mol. The van der Waals surface area contributed by atoms with Crippen LogP contribution in [0.1, 0.15) is 21.5 Å². The van der Waals surface area contributed by atoms with Gasteiger partial charge >= 0.3 is 0 Å². The van der Waals surface area contributed by atoms with Crippen LogP contribution in [0.25, 0.3) is 11.0 Å². The lowest BCUT2D eigenvalue weighted by molar-refractivity contribution is 0.00894. The summed E-state index contributed by atoms with van der Waals surface area (Å²) in [4.78, 5) is 16.9. The van der Waals surface area contributed by atoms with Crippen molar-refractivity contribution < 1.29 is 24.1 Å². The Kier molecular flexibility index (Phi) is 7.02. The molecule has 9 heteroatoms. The van der Waals surface area contributed by atoms with Gasteiger partial charge in [0.05, 0.1) is 25.1 Å². The van der Waals surface area contributed by atoms with Crippen LogP contribution in [0.4, 0.5) is 4.39 Å². The van der Waals surface area contributed by atoms with Gasteiger partial charge in [-0.25, -0.2) is 9.37 Å². The van der Waals surface area contributed by atoms with Gasteiger partial charge in [-0.05, 0) is 23.8 Å². The maximum Gasteiger partial charge on any atom is 0.188 e. The number of ketones is 1. The van der Waals surface area contributed by atoms with Crippen LogP contribution in [-0.2, 0) is 18.2 Å². The first kappa shape index (κ1) is 21.9. The van der Waals surface area contributed by atoms with Crippen molar-refractivity contribution in [3.8, 4) is 0 Å². The summed E-state index contributed by atoms with van der Waals surface area (Å²) in [6.07, 6.45) is 0.497. The molecule has 3 aromatic rings. The van der Waals surface area contributed by atoms with Crippen LogP contribution in [0.3, 0.4) is 0 Å². The highest BCUT2D eigenvalue weighted by Crippen LogP contribution is 2.29. The predicted molar refractivity (Wildman–Crippen MR) is 111 cm³/mol. The molecule has 0 fully saturated rings. The van der Waals surface area contributed by atoms with E-state index in [2.05, 4.69) is 20.9 Å². The van der Waals surface area contributed by atoms with E-state index in [9.17, 15) is 9.90 Å². The molecule has 0 aliphatic carbocycles. The minimum Gasteiger partial charge on any atom is -0.394 e. The molecule has 0 saturated carbocycles. The number of aliphatic hydroxyl groups excluding tert-OH is 2. The molecule has 1 heterocycles. The monoisotopic (exact) mass is 484 g/mol. The van der Waals surface area contributed by atoms with Gasteiger partial charge in [0.25, 0.3) is 0 Å². The first-order valence-corrected chi connectivity index (χ1v) is 9.95. The Morgan fingerprint density at radius 2 is 2.17 bits per heavy atom. The fourth-order valence-corrected chi connectivity index (χ4v) is 3.70. The molecule has 0 spiro atoms. The van der Waals surface area contributed by atoms with Gasteiger partial charge < -0.3 is 19.5 Å². The van der Waals surface area contributed by atoms with Crippen molar-refractivity contribution >= 4 is 44.3 Å². The summed E-state index contributed by atoms with van der Waals surface area (Å²) in [5.41, 5.74) is 1.65. The average molecular weight is 486 g/mol. The van der Waals surface area contributed by atoms with Crippen molar-refractivity contribution in [2.75, 3.05) is 19.8 Å². The number of aliphatic hydroxyl groups is 2. The third kappa shape index (κ3) is 4.84. The molecule has 0 amide bonds. The minimum absolute atomic E-state index is 0.102. The fourth-order valence-electron chi connectivity index (χ4n) is 2.96. The van der Waals surface area contributed by atoms with E-state index in [1.165, 1.54) is 6.33 Å². The molecule has 0 saturated heterocycles. The van der Waals surface area contributed by atoms with E-state index in [1.54, 1.807) is 35.9 Å². The number of hydrogen-bond acceptors (Lipinski definition) is 5. The van der Waals surface area contributed by atoms with Gasteiger partial charge in [0.2, 0.25) is 0 Å². The number of aryl methyl sites for hydroxylation is 1. The van der Waals surface area contributed by atoms with Gasteiger partial charge in [-0.1, -0.05) is 33.6 Å². The van der Waals surface area contributed by atoms with E-state index >= 15 is 4.39 Å². The molecule has 0 bridgehead atoms. The Bertz CT molecular complexity index is 1060. The third-order valence-corrected chi connectivity index (χ3v) is 5.34. The van der Waals surface area contributed by atoms with Crippen molar-refractivity contribution in [3.05, 3.63) is 62.6 Å². The van der Waals surface area contributed by atoms with Gasteiger partial charge in [-0.2, -0.15) is 0 Å². The van der Waals surface area contributed by atoms with E-state index in [4.69, 9.17) is 21.4 Å². The van der Waals surface area contributed by atoms with Crippen LogP contribution in [0.5, 0.6) is 0 Å². The summed E-state index contributed by atoms with van der Waals surface area (Å²) >= 11 is 9.62. The van der Waals surface area contributed by atoms with E-state index in [1.807, 2.05) is 0 Å². The van der Waals surface area contributed by atoms with Gasteiger partial charge in [0, 0.05) is 34.1 Å². The van der Waals surface area contributed by atoms with Crippen molar-refractivity contribution in [2.45, 2.75) is 12.5 Å². The number of nitrogens with zero attached hydrogens (tertiary/aromatic N) is 2. The molecule has 0 aliphatic heterocycles. The molecule has 0 aliphatic rings. The second kappa shape index (κ2) is 9.32. The predicted octanol–water partition coefficient (Wildman–Crippen LogP) is 3.27. The molecule has 29 heavy (non-hydrogen) atoms. The summed E-state index contributed by atoms with van der Waals surface area (Å²) in [7, 11) is 1.71. The number of benzene rings is 2. The second-order valence-corrected chi connectivity index (χ2v) is 7.95. The lowest BCUT2D eigenvalue weighted by Gasteiger charge is -2.14. The van der Waals surface area contributed by atoms with Crippen LogP contribution in [-0.4, -0.2) is 51.5 Å². The average Bonchev–Trinajstić information content (AvgIpc) is 3.06. The zero-order valence-corrected chi connectivity index (χ0v) is 17.9. The lowest BCUT2D eigenvalue weighted by Crippen LogP contribution is -2.22. The molecule has 6 nitrogen and oxygen atoms in total. The first-order chi connectivity index (χ1) is 13.8. The number of carbonyl (C=O) groups is 1. The molecule has 3 rings (SSSR count). The number of halogens is 3. The van der Waals surface area contributed by atoms with Gasteiger partial charge in [0.15, 0.2) is 11.6 Å². The molecule has 2 aromatic carbocycles. The molecule has 0 radical (unpaired) electrons. The van der Waals surface area contributed by atoms with Crippen LogP contribution in [0.15, 0.2) is 35.1 Å². The SMILES string of the molecule is Cn1cnc2c(F)c(Cc3ccc(Br)cc3Cl)c(C(=O)COCC(O)CO)cc21. The Morgan fingerprint density at radius 3 is 2.86 bits per heavy atom. The number of ether oxygens (including phenoxy) is 1. The summed E-state index contributed by atoms with van der Waals surface area (Å²) < 4.78 is 22.9. The Labute approximate surface area is 180 Å². The van der Waals surface area contributed by atoms with Crippen molar-refractivity contribution in [1.82, 2.24) is 9.55 Å². The molecule has 1 aromatic heterocycles. The molecule has 2 N–H and O–H groups in total. The number of aromatic nitrogens is 2. The normalized spacial score (nSPS) is 12.5. The maximum atomic E-state index is 15.3. The summed E-state index contributed by atoms with van der Waals surface area (Å²) in [5.74, 6) is -1.03. The molecule has 1 atom stereocenters. The van der Waals surface area contributed by atoms with Gasteiger partial charge in [-0.15, -0.1) is 0 Å². The second-order valence-electron chi connectivity index (χ2n) is 6.63. The smallest absolute Gasteiger partial charge is 0.188 e. The number of rotatable bonds is 8. The zero-order chi connectivity index (χ0) is 21.1. The zero-order valence-electron chi connectivity index (χ0n) is 15.5. The number of Topliss-reactive ketones (excluding diaryl/α,β-unsaturated/α-hetero) is 1. The van der Waals surface area contributed by atoms with E-state index in [0.29, 0.717) is 16.1 Å². The highest BCUT2D eigenvalue weighted by atomic mass is 79.9. The lowest BCUT2D eigenvalue weighted by atomic mass is 9.95. The number of imidazole rings is 1. The Morgan fingerprint density at radius 1 is 1.41 bits per heavy atom. The summed E-state index contributed by atoms with van der Waals surface area (Å²) in [5, 5.41) is 18.6. The Balaban J connectivity index is 2.00. The number of hydrogen-bond donors (Lipinski definition) is 2.